The van der Waals surface area contributed by atoms with Crippen molar-refractivity contribution in [1.29, 1.82) is 0 Å². The van der Waals surface area contributed by atoms with E-state index in [4.69, 9.17) is 4.74 Å². The number of hydrogen-bond donors (Lipinski definition) is 2. The number of ether oxygens (including phenoxy) is 1. The fourth-order valence-corrected chi connectivity index (χ4v) is 3.83. The zero-order valence-electron chi connectivity index (χ0n) is 12.5. The molecule has 0 aliphatic carbocycles. The summed E-state index contributed by atoms with van der Waals surface area (Å²) in [6.07, 6.45) is 1.22. The molecule has 0 aromatic heterocycles. The average Bonchev–Trinajstić information content (AvgIpc) is 2.52. The molecule has 0 aliphatic rings. The van der Waals surface area contributed by atoms with E-state index in [2.05, 4.69) is 41.8 Å². The number of benzene rings is 2. The minimum atomic E-state index is -3.80. The maximum Gasteiger partial charge on any atom is 0.276 e. The Morgan fingerprint density at radius 3 is 2.54 bits per heavy atom. The van der Waals surface area contributed by atoms with Crippen LogP contribution in [-0.4, -0.2) is 26.3 Å². The van der Waals surface area contributed by atoms with Crippen LogP contribution in [0.5, 0.6) is 11.5 Å². The second-order valence-electron chi connectivity index (χ2n) is 4.58. The molecule has 2 aromatic rings. The maximum atomic E-state index is 12.2. The molecular weight excluding hydrogens is 464 g/mol. The number of hydrazone groups is 1. The number of hydrogen-bond acceptors (Lipinski definition) is 5. The van der Waals surface area contributed by atoms with Gasteiger partial charge in [-0.15, -0.1) is 0 Å². The molecule has 128 valence electrons. The van der Waals surface area contributed by atoms with E-state index < -0.39 is 10.0 Å². The Labute approximate surface area is 156 Å². The predicted octanol–water partition coefficient (Wildman–Crippen LogP) is 3.63. The van der Waals surface area contributed by atoms with Crippen molar-refractivity contribution in [3.8, 4) is 11.5 Å². The third kappa shape index (κ3) is 4.71. The summed E-state index contributed by atoms with van der Waals surface area (Å²) in [7, 11) is -3.80. The third-order valence-corrected chi connectivity index (χ3v) is 5.18. The highest BCUT2D eigenvalue weighted by atomic mass is 79.9. The van der Waals surface area contributed by atoms with Gasteiger partial charge in [-0.2, -0.15) is 13.5 Å². The molecule has 0 radical (unpaired) electrons. The normalized spacial score (nSPS) is 11.6. The van der Waals surface area contributed by atoms with Gasteiger partial charge in [0, 0.05) is 10.0 Å². The quantitative estimate of drug-likeness (QED) is 0.491. The molecule has 0 spiro atoms. The van der Waals surface area contributed by atoms with Crippen molar-refractivity contribution in [1.82, 2.24) is 4.83 Å². The van der Waals surface area contributed by atoms with Crippen molar-refractivity contribution < 1.29 is 18.3 Å². The topological polar surface area (TPSA) is 88.0 Å². The van der Waals surface area contributed by atoms with Gasteiger partial charge in [0.25, 0.3) is 10.0 Å². The molecule has 0 amide bonds. The van der Waals surface area contributed by atoms with Crippen molar-refractivity contribution >= 4 is 48.1 Å². The number of phenolic OH excluding ortho intramolecular Hbond substituents is 1. The number of rotatable bonds is 6. The second kappa shape index (κ2) is 8.00. The number of sulfonamides is 1. The molecular formula is C15H14Br2N2O4S. The van der Waals surface area contributed by atoms with E-state index in [1.165, 1.54) is 18.3 Å². The number of nitrogens with zero attached hydrogens (tertiary/aromatic N) is 1. The average molecular weight is 478 g/mol. The Morgan fingerprint density at radius 1 is 1.25 bits per heavy atom. The van der Waals surface area contributed by atoms with Crippen molar-refractivity contribution in [2.45, 2.75) is 11.8 Å². The van der Waals surface area contributed by atoms with Gasteiger partial charge < -0.3 is 9.84 Å². The van der Waals surface area contributed by atoms with Gasteiger partial charge in [-0.05, 0) is 59.3 Å². The molecule has 2 N–H and O–H groups in total. The summed E-state index contributed by atoms with van der Waals surface area (Å²) in [6, 6.07) is 9.26. The van der Waals surface area contributed by atoms with Crippen LogP contribution in [0.4, 0.5) is 0 Å². The van der Waals surface area contributed by atoms with Crippen LogP contribution in [0, 0.1) is 0 Å². The van der Waals surface area contributed by atoms with Crippen LogP contribution in [0.1, 0.15) is 12.5 Å². The highest BCUT2D eigenvalue weighted by Gasteiger charge is 2.13. The summed E-state index contributed by atoms with van der Waals surface area (Å²) in [5.74, 6) is 0.547. The third-order valence-electron chi connectivity index (χ3n) is 2.88. The number of nitrogens with one attached hydrogen (secondary N) is 1. The van der Waals surface area contributed by atoms with Gasteiger partial charge >= 0.3 is 0 Å². The minimum absolute atomic E-state index is 0.0396. The standard InChI is InChI=1S/C15H14Br2N2O4S/c1-2-23-12-3-5-13(6-4-12)24(21,22)19-18-9-10-7-11(16)8-14(17)15(10)20/h3-9,19-20H,2H2,1H3. The number of halogens is 2. The lowest BCUT2D eigenvalue weighted by Gasteiger charge is -2.06. The summed E-state index contributed by atoms with van der Waals surface area (Å²) >= 11 is 6.47. The SMILES string of the molecule is CCOc1ccc(S(=O)(=O)NN=Cc2cc(Br)cc(Br)c2O)cc1. The predicted molar refractivity (Wildman–Crippen MR) is 99.0 cm³/mol. The van der Waals surface area contributed by atoms with Crippen LogP contribution >= 0.6 is 31.9 Å². The van der Waals surface area contributed by atoms with Crippen LogP contribution in [0.15, 0.2) is 55.3 Å². The van der Waals surface area contributed by atoms with Gasteiger partial charge in [-0.25, -0.2) is 4.83 Å². The molecule has 0 heterocycles. The molecule has 0 saturated heterocycles. The van der Waals surface area contributed by atoms with E-state index >= 15 is 0 Å². The highest BCUT2D eigenvalue weighted by molar-refractivity contribution is 9.11. The highest BCUT2D eigenvalue weighted by Crippen LogP contribution is 2.30. The summed E-state index contributed by atoms with van der Waals surface area (Å²) < 4.78 is 30.8. The molecule has 2 rings (SSSR count). The Morgan fingerprint density at radius 2 is 1.92 bits per heavy atom. The van der Waals surface area contributed by atoms with E-state index in [0.717, 1.165) is 0 Å². The molecule has 0 saturated carbocycles. The van der Waals surface area contributed by atoms with Crippen molar-refractivity contribution in [2.24, 2.45) is 5.10 Å². The molecule has 0 fully saturated rings. The first kappa shape index (κ1) is 18.8. The van der Waals surface area contributed by atoms with Crippen molar-refractivity contribution in [2.75, 3.05) is 6.61 Å². The van der Waals surface area contributed by atoms with Gasteiger partial charge in [-0.1, -0.05) is 15.9 Å². The molecule has 0 bridgehead atoms. The summed E-state index contributed by atoms with van der Waals surface area (Å²) in [5.41, 5.74) is 0.352. The molecule has 6 nitrogen and oxygen atoms in total. The van der Waals surface area contributed by atoms with Gasteiger partial charge in [0.1, 0.15) is 11.5 Å². The smallest absolute Gasteiger partial charge is 0.276 e. The van der Waals surface area contributed by atoms with Gasteiger partial charge in [-0.3, -0.25) is 0 Å². The van der Waals surface area contributed by atoms with Crippen LogP contribution in [0.3, 0.4) is 0 Å². The zero-order chi connectivity index (χ0) is 17.7. The maximum absolute atomic E-state index is 12.2. The fourth-order valence-electron chi connectivity index (χ4n) is 1.78. The van der Waals surface area contributed by atoms with Crippen LogP contribution in [0.2, 0.25) is 0 Å². The first-order valence-electron chi connectivity index (χ1n) is 6.79. The Kier molecular flexibility index (Phi) is 6.25. The van der Waals surface area contributed by atoms with Gasteiger partial charge in [0.05, 0.1) is 22.2 Å². The second-order valence-corrected chi connectivity index (χ2v) is 8.01. The fraction of sp³-hybridized carbons (Fsp3) is 0.133. The van der Waals surface area contributed by atoms with E-state index in [0.29, 0.717) is 26.9 Å². The Balaban J connectivity index is 2.15. The molecule has 9 heteroatoms. The molecule has 0 atom stereocenters. The zero-order valence-corrected chi connectivity index (χ0v) is 16.5. The lowest BCUT2D eigenvalue weighted by atomic mass is 10.2. The molecule has 2 aromatic carbocycles. The molecule has 24 heavy (non-hydrogen) atoms. The van der Waals surface area contributed by atoms with Crippen LogP contribution < -0.4 is 9.57 Å². The van der Waals surface area contributed by atoms with Gasteiger partial charge in [0.2, 0.25) is 0 Å². The Hall–Kier alpha value is -1.58. The summed E-state index contributed by atoms with van der Waals surface area (Å²) in [4.78, 5) is 2.16. The van der Waals surface area contributed by atoms with Gasteiger partial charge in [0.15, 0.2) is 0 Å². The van der Waals surface area contributed by atoms with Crippen LogP contribution in [-0.2, 0) is 10.0 Å². The lowest BCUT2D eigenvalue weighted by Crippen LogP contribution is -2.18. The van der Waals surface area contributed by atoms with Crippen molar-refractivity contribution in [3.63, 3.8) is 0 Å². The molecule has 0 aliphatic heterocycles. The summed E-state index contributed by atoms with van der Waals surface area (Å²) in [6.45, 7) is 2.34. The number of phenols is 1. The van der Waals surface area contributed by atoms with E-state index in [1.54, 1.807) is 24.3 Å². The Bertz CT molecular complexity index is 853. The van der Waals surface area contributed by atoms with E-state index in [9.17, 15) is 13.5 Å². The first-order chi connectivity index (χ1) is 11.3. The first-order valence-corrected chi connectivity index (χ1v) is 9.86. The largest absolute Gasteiger partial charge is 0.506 e. The van der Waals surface area contributed by atoms with Crippen LogP contribution in [0.25, 0.3) is 0 Å². The minimum Gasteiger partial charge on any atom is -0.506 e. The monoisotopic (exact) mass is 476 g/mol. The van der Waals surface area contributed by atoms with Crippen molar-refractivity contribution in [3.05, 3.63) is 50.9 Å². The number of aromatic hydroxyl groups is 1. The summed E-state index contributed by atoms with van der Waals surface area (Å²) in [5, 5.41) is 13.6. The lowest BCUT2D eigenvalue weighted by molar-refractivity contribution is 0.340. The van der Waals surface area contributed by atoms with E-state index in [-0.39, 0.29) is 10.6 Å². The molecule has 0 unspecified atom stereocenters. The van der Waals surface area contributed by atoms with E-state index in [1.807, 2.05) is 6.92 Å².